The van der Waals surface area contributed by atoms with E-state index in [1.807, 2.05) is 6.07 Å². The first kappa shape index (κ1) is 15.2. The molecule has 0 aliphatic carbocycles. The Morgan fingerprint density at radius 2 is 2.05 bits per heavy atom. The van der Waals surface area contributed by atoms with Crippen molar-refractivity contribution in [2.24, 2.45) is 0 Å². The van der Waals surface area contributed by atoms with Crippen molar-refractivity contribution in [2.45, 2.75) is 25.6 Å². The normalized spacial score (nSPS) is 12.8. The third kappa shape index (κ3) is 4.15. The quantitative estimate of drug-likeness (QED) is 0.911. The van der Waals surface area contributed by atoms with Crippen molar-refractivity contribution in [3.63, 3.8) is 0 Å². The van der Waals surface area contributed by atoms with Gasteiger partial charge in [-0.05, 0) is 31.5 Å². The zero-order valence-corrected chi connectivity index (χ0v) is 12.5. The molecule has 1 heterocycles. The van der Waals surface area contributed by atoms with Crippen LogP contribution in [0.5, 0.6) is 0 Å². The van der Waals surface area contributed by atoms with Crippen LogP contribution in [0.25, 0.3) is 0 Å². The number of hydrogen-bond acceptors (Lipinski definition) is 5. The predicted octanol–water partition coefficient (Wildman–Crippen LogP) is 2.04. The molecule has 0 bridgehead atoms. The number of rotatable bonds is 5. The summed E-state index contributed by atoms with van der Waals surface area (Å²) in [6, 6.07) is 7.87. The Balaban J connectivity index is 2.06. The van der Waals surface area contributed by atoms with Crippen LogP contribution in [0, 0.1) is 18.3 Å². The van der Waals surface area contributed by atoms with Gasteiger partial charge in [0.1, 0.15) is 5.76 Å². The Hall–Kier alpha value is -2.17. The van der Waals surface area contributed by atoms with E-state index in [9.17, 15) is 8.42 Å². The number of nitrogens with zero attached hydrogens (tertiary/aromatic N) is 2. The molecule has 1 unspecified atom stereocenters. The van der Waals surface area contributed by atoms with E-state index >= 15 is 0 Å². The number of benzene rings is 1. The number of sulfonamides is 1. The van der Waals surface area contributed by atoms with Crippen molar-refractivity contribution in [3.8, 4) is 6.07 Å². The summed E-state index contributed by atoms with van der Waals surface area (Å²) in [5, 5.41) is 8.71. The summed E-state index contributed by atoms with van der Waals surface area (Å²) in [4.78, 5) is 4.00. The Kier molecular flexibility index (Phi) is 4.40. The number of nitriles is 1. The molecule has 110 valence electrons. The predicted molar refractivity (Wildman–Crippen MR) is 76.6 cm³/mol. The topological polar surface area (TPSA) is 96.0 Å². The lowest BCUT2D eigenvalue weighted by atomic mass is 10.2. The number of nitrogens with one attached hydrogen (secondary N) is 1. The smallest absolute Gasteiger partial charge is 0.216 e. The molecule has 6 nitrogen and oxygen atoms in total. The van der Waals surface area contributed by atoms with Crippen molar-refractivity contribution in [1.29, 1.82) is 5.26 Å². The zero-order chi connectivity index (χ0) is 15.5. The maximum absolute atomic E-state index is 12.1. The van der Waals surface area contributed by atoms with Gasteiger partial charge in [-0.15, -0.1) is 0 Å². The number of oxazole rings is 1. The molecule has 1 aromatic heterocycles. The first-order valence-electron chi connectivity index (χ1n) is 6.31. The van der Waals surface area contributed by atoms with Crippen molar-refractivity contribution >= 4 is 10.0 Å². The Bertz CT molecular complexity index is 758. The number of hydrogen-bond donors (Lipinski definition) is 1. The van der Waals surface area contributed by atoms with Gasteiger partial charge < -0.3 is 4.42 Å². The highest BCUT2D eigenvalue weighted by atomic mass is 32.2. The SMILES string of the molecule is Cc1cnc(C(C)NS(=O)(=O)Cc2ccc(C#N)cc2)o1. The van der Waals surface area contributed by atoms with Crippen LogP contribution in [0.2, 0.25) is 0 Å². The molecule has 0 saturated heterocycles. The monoisotopic (exact) mass is 305 g/mol. The minimum Gasteiger partial charge on any atom is -0.444 e. The molecule has 21 heavy (non-hydrogen) atoms. The van der Waals surface area contributed by atoms with Gasteiger partial charge in [-0.25, -0.2) is 18.1 Å². The molecule has 0 amide bonds. The van der Waals surface area contributed by atoms with E-state index in [1.54, 1.807) is 44.3 Å². The molecule has 2 aromatic rings. The van der Waals surface area contributed by atoms with Gasteiger partial charge in [-0.3, -0.25) is 0 Å². The number of aromatic nitrogens is 1. The van der Waals surface area contributed by atoms with E-state index in [1.165, 1.54) is 0 Å². The highest BCUT2D eigenvalue weighted by Crippen LogP contribution is 2.15. The standard InChI is InChI=1S/C14H15N3O3S/c1-10-8-16-14(20-10)11(2)17-21(18,19)9-13-5-3-12(7-15)4-6-13/h3-6,8,11,17H,9H2,1-2H3. The van der Waals surface area contributed by atoms with Crippen LogP contribution in [-0.2, 0) is 15.8 Å². The molecule has 0 radical (unpaired) electrons. The second kappa shape index (κ2) is 6.08. The average Bonchev–Trinajstić information content (AvgIpc) is 2.85. The minimum atomic E-state index is -3.53. The average molecular weight is 305 g/mol. The summed E-state index contributed by atoms with van der Waals surface area (Å²) < 4.78 is 32.0. The van der Waals surface area contributed by atoms with Crippen LogP contribution >= 0.6 is 0 Å². The van der Waals surface area contributed by atoms with Crippen LogP contribution < -0.4 is 4.72 Å². The third-order valence-electron chi connectivity index (χ3n) is 2.81. The molecule has 0 fully saturated rings. The van der Waals surface area contributed by atoms with Gasteiger partial charge in [0, 0.05) is 0 Å². The fraction of sp³-hybridized carbons (Fsp3) is 0.286. The molecule has 1 N–H and O–H groups in total. The van der Waals surface area contributed by atoms with Crippen molar-refractivity contribution in [2.75, 3.05) is 0 Å². The third-order valence-corrected chi connectivity index (χ3v) is 4.23. The molecule has 0 aliphatic rings. The van der Waals surface area contributed by atoms with Crippen LogP contribution in [0.4, 0.5) is 0 Å². The largest absolute Gasteiger partial charge is 0.444 e. The molecule has 7 heteroatoms. The summed E-state index contributed by atoms with van der Waals surface area (Å²) in [7, 11) is -3.53. The molecule has 0 aliphatic heterocycles. The summed E-state index contributed by atoms with van der Waals surface area (Å²) in [5.74, 6) is 0.793. The molecule has 1 aromatic carbocycles. The maximum atomic E-state index is 12.1. The highest BCUT2D eigenvalue weighted by molar-refractivity contribution is 7.88. The molecular formula is C14H15N3O3S. The Labute approximate surface area is 123 Å². The second-order valence-electron chi connectivity index (χ2n) is 4.72. The van der Waals surface area contributed by atoms with Gasteiger partial charge in [0.15, 0.2) is 0 Å². The minimum absolute atomic E-state index is 0.164. The van der Waals surface area contributed by atoms with Gasteiger partial charge in [-0.2, -0.15) is 5.26 Å². The Morgan fingerprint density at radius 3 is 2.57 bits per heavy atom. The summed E-state index contributed by atoms with van der Waals surface area (Å²) in [5.41, 5.74) is 1.10. The summed E-state index contributed by atoms with van der Waals surface area (Å²) >= 11 is 0. The van der Waals surface area contributed by atoms with Gasteiger partial charge >= 0.3 is 0 Å². The van der Waals surface area contributed by atoms with Crippen molar-refractivity contribution < 1.29 is 12.8 Å². The highest BCUT2D eigenvalue weighted by Gasteiger charge is 2.19. The second-order valence-corrected chi connectivity index (χ2v) is 6.47. The van der Waals surface area contributed by atoms with Gasteiger partial charge in [-0.1, -0.05) is 12.1 Å². The lowest BCUT2D eigenvalue weighted by Gasteiger charge is -2.11. The van der Waals surface area contributed by atoms with Gasteiger partial charge in [0.25, 0.3) is 0 Å². The maximum Gasteiger partial charge on any atom is 0.216 e. The zero-order valence-electron chi connectivity index (χ0n) is 11.7. The fourth-order valence-electron chi connectivity index (χ4n) is 1.83. The lowest BCUT2D eigenvalue weighted by Crippen LogP contribution is -2.28. The molecule has 2 rings (SSSR count). The van der Waals surface area contributed by atoms with Gasteiger partial charge in [0.05, 0.1) is 29.6 Å². The van der Waals surface area contributed by atoms with E-state index in [2.05, 4.69) is 9.71 Å². The van der Waals surface area contributed by atoms with Crippen LogP contribution in [0.1, 0.15) is 35.7 Å². The van der Waals surface area contributed by atoms with E-state index in [-0.39, 0.29) is 5.75 Å². The first-order valence-corrected chi connectivity index (χ1v) is 7.96. The van der Waals surface area contributed by atoms with Gasteiger partial charge in [0.2, 0.25) is 15.9 Å². The summed E-state index contributed by atoms with van der Waals surface area (Å²) in [6.07, 6.45) is 1.54. The molecular weight excluding hydrogens is 290 g/mol. The molecule has 1 atom stereocenters. The van der Waals surface area contributed by atoms with Crippen molar-refractivity contribution in [3.05, 3.63) is 53.2 Å². The van der Waals surface area contributed by atoms with Crippen LogP contribution in [0.3, 0.4) is 0 Å². The van der Waals surface area contributed by atoms with E-state index in [0.717, 1.165) is 0 Å². The fourth-order valence-corrected chi connectivity index (χ4v) is 3.18. The molecule has 0 saturated carbocycles. The van der Waals surface area contributed by atoms with Crippen LogP contribution in [0.15, 0.2) is 34.9 Å². The Morgan fingerprint density at radius 1 is 1.38 bits per heavy atom. The van der Waals surface area contributed by atoms with E-state index < -0.39 is 16.1 Å². The summed E-state index contributed by atoms with van der Waals surface area (Å²) in [6.45, 7) is 3.41. The molecule has 0 spiro atoms. The first-order chi connectivity index (χ1) is 9.89. The van der Waals surface area contributed by atoms with Crippen molar-refractivity contribution in [1.82, 2.24) is 9.71 Å². The lowest BCUT2D eigenvalue weighted by molar-refractivity contribution is 0.427. The van der Waals surface area contributed by atoms with Crippen LogP contribution in [-0.4, -0.2) is 13.4 Å². The van der Waals surface area contributed by atoms with E-state index in [4.69, 9.17) is 9.68 Å². The van der Waals surface area contributed by atoms with E-state index in [0.29, 0.717) is 22.8 Å². The number of aryl methyl sites for hydroxylation is 1.